The number of nitrogens with one attached hydrogen (secondary N) is 2. The van der Waals surface area contributed by atoms with E-state index in [-0.39, 0.29) is 33.0 Å². The maximum absolute atomic E-state index is 9.58. The fourth-order valence-corrected chi connectivity index (χ4v) is 6.26. The van der Waals surface area contributed by atoms with E-state index in [0.29, 0.717) is 40.2 Å². The third-order valence-corrected chi connectivity index (χ3v) is 9.38. The molecule has 4 N–H and O–H groups in total. The van der Waals surface area contributed by atoms with Crippen LogP contribution in [0.5, 0.6) is 11.5 Å². The van der Waals surface area contributed by atoms with Gasteiger partial charge in [-0.15, -0.1) is 0 Å². The Labute approximate surface area is 281 Å². The summed E-state index contributed by atoms with van der Waals surface area (Å²) in [4.78, 5) is 4.13. The Morgan fingerprint density at radius 3 is 2.64 bits per heavy atom. The molecule has 0 spiro atoms. The lowest BCUT2D eigenvalue weighted by Crippen LogP contribution is -2.52. The van der Waals surface area contributed by atoms with Gasteiger partial charge >= 0.3 is 0 Å². The Bertz CT molecular complexity index is 1600. The first-order valence-electron chi connectivity index (χ1n) is 16.0. The number of hydrogen-bond donors (Lipinski definition) is 4. The van der Waals surface area contributed by atoms with Crippen LogP contribution >= 0.6 is 11.6 Å². The normalized spacial score (nSPS) is 20.2. The minimum absolute atomic E-state index is 0.156. The number of hydrogen-bond acceptors (Lipinski definition) is 9. The van der Waals surface area contributed by atoms with Gasteiger partial charge in [-0.25, -0.2) is 0 Å². The molecule has 0 saturated carbocycles. The van der Waals surface area contributed by atoms with Crippen LogP contribution in [0.3, 0.4) is 0 Å². The lowest BCUT2D eigenvalue weighted by molar-refractivity contribution is -0.100. The van der Waals surface area contributed by atoms with Crippen molar-refractivity contribution in [3.05, 3.63) is 106 Å². The predicted molar refractivity (Wildman–Crippen MR) is 182 cm³/mol. The average molecular weight is 659 g/mol. The number of aliphatic hydroxyl groups excluding tert-OH is 2. The van der Waals surface area contributed by atoms with Crippen molar-refractivity contribution in [2.75, 3.05) is 39.5 Å². The third kappa shape index (κ3) is 8.22. The van der Waals surface area contributed by atoms with Crippen LogP contribution in [0.15, 0.2) is 79.2 Å². The zero-order chi connectivity index (χ0) is 33.3. The van der Waals surface area contributed by atoms with Crippen LogP contribution in [-0.4, -0.2) is 66.4 Å². The van der Waals surface area contributed by atoms with Crippen molar-refractivity contribution in [3.63, 3.8) is 0 Å². The molecule has 3 aromatic rings. The number of pyridine rings is 1. The second-order valence-electron chi connectivity index (χ2n) is 12.6. The van der Waals surface area contributed by atoms with Crippen LogP contribution in [0, 0.1) is 22.7 Å². The molecule has 2 aromatic carbocycles. The Hall–Kier alpha value is -3.75. The zero-order valence-corrected chi connectivity index (χ0v) is 27.7. The Morgan fingerprint density at radius 1 is 1.11 bits per heavy atom. The molecular formula is C37H43ClN4O5. The van der Waals surface area contributed by atoms with Crippen molar-refractivity contribution >= 4 is 17.2 Å². The summed E-state index contributed by atoms with van der Waals surface area (Å²) in [6.45, 7) is 7.06. The summed E-state index contributed by atoms with van der Waals surface area (Å²) >= 11 is 6.85. The number of aromatic nitrogens is 1. The Kier molecular flexibility index (Phi) is 11.7. The Balaban J connectivity index is 1.43. The molecule has 1 fully saturated rings. The van der Waals surface area contributed by atoms with Crippen molar-refractivity contribution in [3.8, 4) is 17.6 Å². The molecule has 1 aliphatic heterocycles. The monoisotopic (exact) mass is 658 g/mol. The molecule has 9 nitrogen and oxygen atoms in total. The van der Waals surface area contributed by atoms with Crippen LogP contribution < -0.4 is 20.1 Å². The number of nitrogens with zero attached hydrogens (tertiary/aromatic N) is 2. The van der Waals surface area contributed by atoms with Crippen molar-refractivity contribution in [1.82, 2.24) is 15.6 Å². The highest BCUT2D eigenvalue weighted by molar-refractivity contribution is 6.32. The quantitative estimate of drug-likeness (QED) is 0.177. The molecular weight excluding hydrogens is 616 g/mol. The lowest BCUT2D eigenvalue weighted by Gasteiger charge is -2.48. The van der Waals surface area contributed by atoms with Gasteiger partial charge < -0.3 is 35.1 Å². The van der Waals surface area contributed by atoms with E-state index in [4.69, 9.17) is 25.8 Å². The number of rotatable bonds is 15. The van der Waals surface area contributed by atoms with E-state index in [2.05, 4.69) is 65.9 Å². The summed E-state index contributed by atoms with van der Waals surface area (Å²) < 4.78 is 19.7. The molecule has 0 amide bonds. The lowest BCUT2D eigenvalue weighted by atomic mass is 9.65. The minimum Gasteiger partial charge on any atom is -0.488 e. The van der Waals surface area contributed by atoms with Crippen LogP contribution in [0.1, 0.15) is 42.5 Å². The van der Waals surface area contributed by atoms with Gasteiger partial charge in [0, 0.05) is 48.1 Å². The molecule has 10 heteroatoms. The van der Waals surface area contributed by atoms with Gasteiger partial charge in [-0.3, -0.25) is 4.98 Å². The van der Waals surface area contributed by atoms with Gasteiger partial charge in [-0.2, -0.15) is 5.26 Å². The highest BCUT2D eigenvalue weighted by Gasteiger charge is 2.49. The number of allylic oxidation sites excluding steroid dienone is 2. The topological polar surface area (TPSA) is 129 Å². The molecule has 2 atom stereocenters. The van der Waals surface area contributed by atoms with Gasteiger partial charge in [-0.1, -0.05) is 67.9 Å². The maximum Gasteiger partial charge on any atom is 0.141 e. The molecule has 1 saturated heterocycles. The van der Waals surface area contributed by atoms with Crippen LogP contribution in [-0.2, 0) is 17.9 Å². The first-order chi connectivity index (χ1) is 22.8. The summed E-state index contributed by atoms with van der Waals surface area (Å²) in [7, 11) is 0. The predicted octanol–water partition coefficient (Wildman–Crippen LogP) is 5.05. The molecule has 2 heterocycles. The molecule has 0 radical (unpaired) electrons. The molecule has 1 aromatic heterocycles. The zero-order valence-electron chi connectivity index (χ0n) is 26.9. The van der Waals surface area contributed by atoms with Gasteiger partial charge in [0.05, 0.1) is 36.4 Å². The third-order valence-electron chi connectivity index (χ3n) is 9.08. The minimum atomic E-state index is -0.807. The second-order valence-corrected chi connectivity index (χ2v) is 13.0. The van der Waals surface area contributed by atoms with Crippen LogP contribution in [0.4, 0.5) is 0 Å². The van der Waals surface area contributed by atoms with Crippen LogP contribution in [0.2, 0.25) is 5.02 Å². The number of halogens is 1. The number of ether oxygens (including phenoxy) is 3. The second kappa shape index (κ2) is 15.9. The van der Waals surface area contributed by atoms with Gasteiger partial charge in [0.2, 0.25) is 0 Å². The van der Waals surface area contributed by atoms with E-state index in [1.54, 1.807) is 24.4 Å². The van der Waals surface area contributed by atoms with E-state index < -0.39 is 17.1 Å². The highest BCUT2D eigenvalue weighted by Crippen LogP contribution is 2.49. The van der Waals surface area contributed by atoms with Gasteiger partial charge in [-0.05, 0) is 48.2 Å². The van der Waals surface area contributed by atoms with Crippen molar-refractivity contribution < 1.29 is 24.4 Å². The van der Waals surface area contributed by atoms with Crippen molar-refractivity contribution in [2.24, 2.45) is 11.3 Å². The molecule has 5 rings (SSSR count). The molecule has 2 aliphatic rings. The molecule has 1 aliphatic carbocycles. The first-order valence-corrected chi connectivity index (χ1v) is 16.3. The summed E-state index contributed by atoms with van der Waals surface area (Å²) in [5.74, 6) is 1.35. The van der Waals surface area contributed by atoms with Crippen LogP contribution in [0.25, 0.3) is 5.57 Å². The van der Waals surface area contributed by atoms with Gasteiger partial charge in [0.25, 0.3) is 0 Å². The maximum atomic E-state index is 9.58. The van der Waals surface area contributed by atoms with E-state index in [9.17, 15) is 15.5 Å². The van der Waals surface area contributed by atoms with E-state index in [0.717, 1.165) is 36.2 Å². The number of aliphatic hydroxyl groups is 2. The molecule has 1 unspecified atom stereocenters. The van der Waals surface area contributed by atoms with E-state index in [1.165, 1.54) is 6.20 Å². The largest absolute Gasteiger partial charge is 0.488 e. The van der Waals surface area contributed by atoms with Crippen molar-refractivity contribution in [1.29, 1.82) is 5.26 Å². The summed E-state index contributed by atoms with van der Waals surface area (Å²) in [6.07, 6.45) is 10.5. The fraction of sp³-hybridized carbons (Fsp3) is 0.405. The van der Waals surface area contributed by atoms with Gasteiger partial charge in [0.15, 0.2) is 0 Å². The standard InChI is InChI=1S/C37H43ClN4O5/c1-36(2)32(29-7-4-3-5-8-29)9-6-11-37(36,47-24-26-10-12-40-17-26)25-46-35-15-34(45-23-28-13-27(16-39)18-41-19-28)30(14-33(35)38)20-42-31(21-43)22-44/h3-9,11,13-15,18-19,26,31,40,42-44H,10,12,17,20-25H2,1-2H3/t26?,37-/m1/s1. The molecule has 47 heavy (non-hydrogen) atoms. The SMILES string of the molecule is CC1(C)C(c2ccccc2)=CC=C[C@]1(COc1cc(OCc2cncc(C#N)c2)c(CNC(CO)CO)cc1Cl)OCC1CCNC1. The molecule has 248 valence electrons. The average Bonchev–Trinajstić information content (AvgIpc) is 3.62. The van der Waals surface area contributed by atoms with E-state index in [1.807, 2.05) is 18.2 Å². The highest BCUT2D eigenvalue weighted by atomic mass is 35.5. The summed E-state index contributed by atoms with van der Waals surface area (Å²) in [5.41, 5.74) is 2.89. The smallest absolute Gasteiger partial charge is 0.141 e. The Morgan fingerprint density at radius 2 is 1.91 bits per heavy atom. The first kappa shape index (κ1) is 34.6. The van der Waals surface area contributed by atoms with E-state index >= 15 is 0 Å². The number of nitriles is 1. The fourth-order valence-electron chi connectivity index (χ4n) is 6.02. The van der Waals surface area contributed by atoms with Crippen molar-refractivity contribution in [2.45, 2.75) is 45.1 Å². The molecule has 0 bridgehead atoms. The summed E-state index contributed by atoms with van der Waals surface area (Å²) in [5, 5.41) is 35.4. The van der Waals surface area contributed by atoms with Gasteiger partial charge in [0.1, 0.15) is 36.4 Å². The summed E-state index contributed by atoms with van der Waals surface area (Å²) in [6, 6.07) is 17.2. The number of benzene rings is 2.